The summed E-state index contributed by atoms with van der Waals surface area (Å²) in [6.45, 7) is 5.40. The number of carbonyl (C=O) groups is 2. The summed E-state index contributed by atoms with van der Waals surface area (Å²) >= 11 is 0. The zero-order valence-corrected chi connectivity index (χ0v) is 16.5. The maximum atomic E-state index is 13.3. The molecule has 6 heteroatoms. The van der Waals surface area contributed by atoms with Crippen LogP contribution in [0.1, 0.15) is 49.9 Å². The maximum Gasteiger partial charge on any atom is 0.258 e. The molecule has 2 aliphatic heterocycles. The van der Waals surface area contributed by atoms with Crippen LogP contribution >= 0.6 is 0 Å². The Labute approximate surface area is 165 Å². The summed E-state index contributed by atoms with van der Waals surface area (Å²) in [4.78, 5) is 28.0. The van der Waals surface area contributed by atoms with E-state index < -0.39 is 5.72 Å². The zero-order valence-electron chi connectivity index (χ0n) is 16.5. The summed E-state index contributed by atoms with van der Waals surface area (Å²) in [5, 5.41) is 3.17. The molecule has 2 heterocycles. The Hall–Kier alpha value is -2.08. The van der Waals surface area contributed by atoms with E-state index in [1.807, 2.05) is 36.9 Å². The minimum atomic E-state index is -0.656. The monoisotopic (exact) mass is 384 g/mol. The van der Waals surface area contributed by atoms with Crippen molar-refractivity contribution >= 4 is 11.8 Å². The first-order valence-corrected chi connectivity index (χ1v) is 10.5. The van der Waals surface area contributed by atoms with Crippen molar-refractivity contribution in [2.45, 2.75) is 57.5 Å². The number of fused-ring (bicyclic) bond motifs is 3. The smallest absolute Gasteiger partial charge is 0.258 e. The van der Waals surface area contributed by atoms with Crippen molar-refractivity contribution < 1.29 is 19.1 Å². The van der Waals surface area contributed by atoms with Gasteiger partial charge in [-0.2, -0.15) is 0 Å². The first-order valence-electron chi connectivity index (χ1n) is 10.5. The fourth-order valence-corrected chi connectivity index (χ4v) is 5.85. The Kier molecular flexibility index (Phi) is 4.16. The van der Waals surface area contributed by atoms with Gasteiger partial charge in [0, 0.05) is 31.3 Å². The maximum absolute atomic E-state index is 13.3. The van der Waals surface area contributed by atoms with E-state index >= 15 is 0 Å². The fourth-order valence-electron chi connectivity index (χ4n) is 5.85. The van der Waals surface area contributed by atoms with E-state index in [0.717, 1.165) is 19.3 Å². The van der Waals surface area contributed by atoms with Crippen molar-refractivity contribution in [1.29, 1.82) is 0 Å². The van der Waals surface area contributed by atoms with Gasteiger partial charge in [-0.05, 0) is 51.2 Å². The number of rotatable bonds is 1. The van der Waals surface area contributed by atoms with Crippen LogP contribution < -0.4 is 10.1 Å². The van der Waals surface area contributed by atoms with E-state index in [4.69, 9.17) is 9.47 Å². The Morgan fingerprint density at radius 3 is 2.64 bits per heavy atom. The third-order valence-electron chi connectivity index (χ3n) is 7.02. The van der Waals surface area contributed by atoms with E-state index in [1.165, 1.54) is 0 Å². The minimum Gasteiger partial charge on any atom is -0.467 e. The number of ether oxygens (including phenoxy) is 2. The Morgan fingerprint density at radius 1 is 1.18 bits per heavy atom. The Balaban J connectivity index is 1.36. The molecule has 28 heavy (non-hydrogen) atoms. The molecule has 3 saturated carbocycles. The van der Waals surface area contributed by atoms with Gasteiger partial charge in [-0.15, -0.1) is 0 Å². The van der Waals surface area contributed by atoms with Gasteiger partial charge >= 0.3 is 0 Å². The lowest BCUT2D eigenvalue weighted by Crippen LogP contribution is -2.67. The lowest BCUT2D eigenvalue weighted by molar-refractivity contribution is -0.164. The lowest BCUT2D eigenvalue weighted by atomic mass is 9.59. The summed E-state index contributed by atoms with van der Waals surface area (Å²) < 4.78 is 12.2. The van der Waals surface area contributed by atoms with Crippen LogP contribution in [0.15, 0.2) is 24.3 Å². The van der Waals surface area contributed by atoms with E-state index in [0.29, 0.717) is 30.8 Å². The highest BCUT2D eigenvalue weighted by molar-refractivity contribution is 5.98. The highest BCUT2D eigenvalue weighted by atomic mass is 16.5. The second-order valence-electron chi connectivity index (χ2n) is 9.02. The summed E-state index contributed by atoms with van der Waals surface area (Å²) in [6, 6.07) is 7.42. The molecule has 1 spiro atoms. The Bertz CT molecular complexity index is 801. The molecular weight excluding hydrogens is 356 g/mol. The third-order valence-corrected chi connectivity index (χ3v) is 7.02. The van der Waals surface area contributed by atoms with Crippen LogP contribution in [0.25, 0.3) is 0 Å². The molecule has 2 amide bonds. The number of hydrogen-bond donors (Lipinski definition) is 1. The number of carbonyl (C=O) groups excluding carboxylic acids is 2. The number of nitrogens with zero attached hydrogens (tertiary/aromatic N) is 1. The molecule has 2 bridgehead atoms. The molecule has 4 fully saturated rings. The summed E-state index contributed by atoms with van der Waals surface area (Å²) in [5.74, 6) is 1.30. The second-order valence-corrected chi connectivity index (χ2v) is 9.02. The highest BCUT2D eigenvalue weighted by Gasteiger charge is 2.57. The molecule has 1 N–H and O–H groups in total. The van der Waals surface area contributed by atoms with Gasteiger partial charge < -0.3 is 19.7 Å². The summed E-state index contributed by atoms with van der Waals surface area (Å²) in [6.07, 6.45) is 3.68. The molecule has 6 nitrogen and oxygen atoms in total. The molecule has 150 valence electrons. The van der Waals surface area contributed by atoms with Gasteiger partial charge in [-0.25, -0.2) is 0 Å². The van der Waals surface area contributed by atoms with Gasteiger partial charge in [0.25, 0.3) is 5.91 Å². The van der Waals surface area contributed by atoms with Crippen molar-refractivity contribution in [3.05, 3.63) is 29.8 Å². The number of benzene rings is 1. The molecule has 1 aromatic rings. The van der Waals surface area contributed by atoms with E-state index in [1.54, 1.807) is 6.07 Å². The molecule has 1 aromatic carbocycles. The number of hydrogen-bond acceptors (Lipinski definition) is 4. The lowest BCUT2D eigenvalue weighted by Gasteiger charge is -2.55. The zero-order chi connectivity index (χ0) is 19.5. The molecule has 0 radical (unpaired) electrons. The van der Waals surface area contributed by atoms with E-state index in [-0.39, 0.29) is 41.8 Å². The van der Waals surface area contributed by atoms with Crippen LogP contribution in [0.2, 0.25) is 0 Å². The van der Waals surface area contributed by atoms with Crippen LogP contribution in [0.5, 0.6) is 5.75 Å². The van der Waals surface area contributed by atoms with Crippen LogP contribution in [-0.2, 0) is 9.53 Å². The quantitative estimate of drug-likeness (QED) is 0.808. The van der Waals surface area contributed by atoms with Crippen LogP contribution in [-0.4, -0.2) is 47.7 Å². The third kappa shape index (κ3) is 2.81. The predicted molar refractivity (Wildman–Crippen MR) is 103 cm³/mol. The normalized spacial score (nSPS) is 39.3. The molecule has 0 aromatic heterocycles. The SMILES string of the molecule is C[C@@H]1CN(C(=O)[C@@H]2C[C@@H]3CC[C@@H]2C[C@@]32NC(=O)c3ccccc3O2)C[C@@H](C)O1. The molecule has 0 unspecified atom stereocenters. The summed E-state index contributed by atoms with van der Waals surface area (Å²) in [5.41, 5.74) is -0.0602. The molecule has 6 atom stereocenters. The van der Waals surface area contributed by atoms with Crippen LogP contribution in [0.4, 0.5) is 0 Å². The van der Waals surface area contributed by atoms with Gasteiger partial charge in [0.1, 0.15) is 5.75 Å². The van der Waals surface area contributed by atoms with Gasteiger partial charge in [0.2, 0.25) is 5.91 Å². The average Bonchev–Trinajstić information content (AvgIpc) is 2.67. The first-order chi connectivity index (χ1) is 13.4. The van der Waals surface area contributed by atoms with E-state index in [2.05, 4.69) is 5.32 Å². The number of amides is 2. The van der Waals surface area contributed by atoms with Gasteiger partial charge in [0.15, 0.2) is 5.72 Å². The first kappa shape index (κ1) is 18.0. The standard InChI is InChI=1S/C22H28N2O4/c1-13-11-24(12-14(2)27-13)21(26)18-9-16-8-7-15(18)10-22(16)23-20(25)17-5-3-4-6-19(17)28-22/h3-6,13-16,18H,7-12H2,1-2H3,(H,23,25)/t13-,14-,15-,16+,18-,22+/m1/s1. The molecular formula is C22H28N2O4. The predicted octanol–water partition coefficient (Wildman–Crippen LogP) is 2.58. The largest absolute Gasteiger partial charge is 0.467 e. The van der Waals surface area contributed by atoms with Crippen molar-refractivity contribution in [2.75, 3.05) is 13.1 Å². The van der Waals surface area contributed by atoms with Gasteiger partial charge in [-0.1, -0.05) is 12.1 Å². The van der Waals surface area contributed by atoms with Crippen LogP contribution in [0, 0.1) is 17.8 Å². The van der Waals surface area contributed by atoms with E-state index in [9.17, 15) is 9.59 Å². The van der Waals surface area contributed by atoms with Gasteiger partial charge in [0.05, 0.1) is 17.8 Å². The molecule has 1 saturated heterocycles. The number of nitrogens with one attached hydrogen (secondary N) is 1. The van der Waals surface area contributed by atoms with Crippen molar-refractivity contribution in [1.82, 2.24) is 10.2 Å². The van der Waals surface area contributed by atoms with Crippen molar-refractivity contribution in [2.24, 2.45) is 17.8 Å². The van der Waals surface area contributed by atoms with Crippen molar-refractivity contribution in [3.8, 4) is 5.75 Å². The molecule has 5 aliphatic rings. The second kappa shape index (κ2) is 6.48. The van der Waals surface area contributed by atoms with Crippen molar-refractivity contribution in [3.63, 3.8) is 0 Å². The topological polar surface area (TPSA) is 67.9 Å². The molecule has 6 rings (SSSR count). The average molecular weight is 384 g/mol. The highest BCUT2D eigenvalue weighted by Crippen LogP contribution is 2.52. The number of para-hydroxylation sites is 1. The Morgan fingerprint density at radius 2 is 1.93 bits per heavy atom. The van der Waals surface area contributed by atoms with Gasteiger partial charge in [-0.3, -0.25) is 9.59 Å². The minimum absolute atomic E-state index is 0.0274. The molecule has 3 aliphatic carbocycles. The number of morpholine rings is 1. The fraction of sp³-hybridized carbons (Fsp3) is 0.636. The van der Waals surface area contributed by atoms with Crippen LogP contribution in [0.3, 0.4) is 0 Å². The summed E-state index contributed by atoms with van der Waals surface area (Å²) in [7, 11) is 0.